The molecular weight excluding hydrogens is 304 g/mol. The lowest BCUT2D eigenvalue weighted by Gasteiger charge is -2.27. The van der Waals surface area contributed by atoms with Gasteiger partial charge in [0.1, 0.15) is 12.0 Å². The van der Waals surface area contributed by atoms with Crippen molar-refractivity contribution in [2.24, 2.45) is 0 Å². The number of carbonyl (C=O) groups is 2. The first-order valence-electron chi connectivity index (χ1n) is 7.77. The molecule has 0 radical (unpaired) electrons. The summed E-state index contributed by atoms with van der Waals surface area (Å²) >= 11 is 0. The van der Waals surface area contributed by atoms with Gasteiger partial charge < -0.3 is 9.84 Å². The summed E-state index contributed by atoms with van der Waals surface area (Å²) in [5.74, 6) is -1.56. The van der Waals surface area contributed by atoms with Crippen LogP contribution in [0.2, 0.25) is 0 Å². The Balaban J connectivity index is 2.10. The van der Waals surface area contributed by atoms with Gasteiger partial charge >= 0.3 is 11.9 Å². The zero-order chi connectivity index (χ0) is 17.4. The zero-order valence-electron chi connectivity index (χ0n) is 13.5. The van der Waals surface area contributed by atoms with Crippen LogP contribution >= 0.6 is 0 Å². The maximum Gasteiger partial charge on any atom is 0.330 e. The number of aliphatic carboxylic acids is 1. The topological polar surface area (TPSA) is 63.6 Å². The van der Waals surface area contributed by atoms with Gasteiger partial charge in [-0.2, -0.15) is 0 Å². The van der Waals surface area contributed by atoms with E-state index >= 15 is 0 Å². The summed E-state index contributed by atoms with van der Waals surface area (Å²) in [6.45, 7) is 1.57. The highest BCUT2D eigenvalue weighted by Gasteiger charge is 2.40. The van der Waals surface area contributed by atoms with Crippen molar-refractivity contribution < 1.29 is 19.4 Å². The van der Waals surface area contributed by atoms with Gasteiger partial charge in [0.25, 0.3) is 0 Å². The van der Waals surface area contributed by atoms with E-state index in [0.29, 0.717) is 12.0 Å². The molecule has 1 atom stereocenters. The van der Waals surface area contributed by atoms with Gasteiger partial charge in [-0.05, 0) is 23.6 Å². The van der Waals surface area contributed by atoms with Crippen LogP contribution in [0.25, 0.3) is 6.08 Å². The third-order valence-electron chi connectivity index (χ3n) is 4.01. The summed E-state index contributed by atoms with van der Waals surface area (Å²) in [6.07, 6.45) is 3.27. The normalized spacial score (nSPS) is 13.4. The third-order valence-corrected chi connectivity index (χ3v) is 4.01. The Hall–Kier alpha value is -2.88. The Morgan fingerprint density at radius 2 is 1.62 bits per heavy atom. The molecule has 0 heterocycles. The van der Waals surface area contributed by atoms with Crippen molar-refractivity contribution >= 4 is 18.0 Å². The number of carbonyl (C=O) groups excluding carboxylic acids is 1. The van der Waals surface area contributed by atoms with Crippen LogP contribution in [-0.2, 0) is 19.7 Å². The molecule has 1 N–H and O–H groups in total. The number of hydrogen-bond acceptors (Lipinski definition) is 3. The fraction of sp³-hybridized carbons (Fsp3) is 0.200. The van der Waals surface area contributed by atoms with Crippen molar-refractivity contribution in [1.29, 1.82) is 0 Å². The molecule has 0 bridgehead atoms. The third kappa shape index (κ3) is 4.10. The summed E-state index contributed by atoms with van der Waals surface area (Å²) in [4.78, 5) is 23.8. The van der Waals surface area contributed by atoms with Crippen molar-refractivity contribution in [1.82, 2.24) is 0 Å². The smallest absolute Gasteiger partial charge is 0.330 e. The SMILES string of the molecule is CCC(COC(=O)C=Cc1ccccc1)(C(=O)O)c1ccccc1. The number of rotatable bonds is 7. The summed E-state index contributed by atoms with van der Waals surface area (Å²) in [5.41, 5.74) is 0.259. The van der Waals surface area contributed by atoms with Gasteiger partial charge in [0.2, 0.25) is 0 Å². The fourth-order valence-electron chi connectivity index (χ4n) is 2.45. The molecule has 0 saturated heterocycles. The molecule has 0 aliphatic carbocycles. The molecule has 0 amide bonds. The van der Waals surface area contributed by atoms with Crippen molar-refractivity contribution in [3.8, 4) is 0 Å². The quantitative estimate of drug-likeness (QED) is 0.623. The van der Waals surface area contributed by atoms with E-state index in [-0.39, 0.29) is 6.61 Å². The molecule has 0 aromatic heterocycles. The Labute approximate surface area is 141 Å². The molecular formula is C20H20O4. The maximum atomic E-state index is 11.9. The first-order valence-corrected chi connectivity index (χ1v) is 7.77. The van der Waals surface area contributed by atoms with Crippen LogP contribution in [0.3, 0.4) is 0 Å². The highest BCUT2D eigenvalue weighted by Crippen LogP contribution is 2.29. The van der Waals surface area contributed by atoms with E-state index in [1.165, 1.54) is 6.08 Å². The molecule has 0 aliphatic heterocycles. The van der Waals surface area contributed by atoms with Crippen LogP contribution in [0, 0.1) is 0 Å². The zero-order valence-corrected chi connectivity index (χ0v) is 13.5. The number of ether oxygens (including phenoxy) is 1. The first kappa shape index (κ1) is 17.5. The molecule has 4 heteroatoms. The molecule has 4 nitrogen and oxygen atoms in total. The molecule has 24 heavy (non-hydrogen) atoms. The lowest BCUT2D eigenvalue weighted by atomic mass is 9.79. The van der Waals surface area contributed by atoms with Gasteiger partial charge in [-0.3, -0.25) is 4.79 Å². The minimum absolute atomic E-state index is 0.208. The number of carboxylic acid groups (broad SMARTS) is 1. The fourth-order valence-corrected chi connectivity index (χ4v) is 2.45. The summed E-state index contributed by atoms with van der Waals surface area (Å²) in [5, 5.41) is 9.69. The van der Waals surface area contributed by atoms with E-state index in [1.807, 2.05) is 36.4 Å². The minimum Gasteiger partial charge on any atom is -0.480 e. The number of benzene rings is 2. The first-order chi connectivity index (χ1) is 11.6. The maximum absolute atomic E-state index is 11.9. The van der Waals surface area contributed by atoms with E-state index < -0.39 is 17.4 Å². The van der Waals surface area contributed by atoms with E-state index in [4.69, 9.17) is 4.74 Å². The average Bonchev–Trinajstić information content (AvgIpc) is 2.62. The van der Waals surface area contributed by atoms with Gasteiger partial charge in [0, 0.05) is 6.08 Å². The summed E-state index contributed by atoms with van der Waals surface area (Å²) < 4.78 is 5.23. The predicted molar refractivity (Wildman–Crippen MR) is 92.5 cm³/mol. The molecule has 0 saturated carbocycles. The highest BCUT2D eigenvalue weighted by molar-refractivity contribution is 5.88. The van der Waals surface area contributed by atoms with Gasteiger partial charge in [-0.1, -0.05) is 67.6 Å². The molecule has 0 spiro atoms. The van der Waals surface area contributed by atoms with Crippen LogP contribution < -0.4 is 0 Å². The second kappa shape index (κ2) is 8.11. The molecule has 124 valence electrons. The molecule has 1 unspecified atom stereocenters. The van der Waals surface area contributed by atoms with Crippen LogP contribution in [0.15, 0.2) is 66.7 Å². The van der Waals surface area contributed by atoms with Gasteiger partial charge in [-0.25, -0.2) is 4.79 Å². The highest BCUT2D eigenvalue weighted by atomic mass is 16.5. The van der Waals surface area contributed by atoms with Gasteiger partial charge in [0.15, 0.2) is 0 Å². The van der Waals surface area contributed by atoms with Crippen LogP contribution in [0.5, 0.6) is 0 Å². The van der Waals surface area contributed by atoms with Crippen LogP contribution in [0.1, 0.15) is 24.5 Å². The number of hydrogen-bond donors (Lipinski definition) is 1. The van der Waals surface area contributed by atoms with Crippen molar-refractivity contribution in [3.05, 3.63) is 77.9 Å². The van der Waals surface area contributed by atoms with Crippen molar-refractivity contribution in [3.63, 3.8) is 0 Å². The molecule has 2 aromatic carbocycles. The molecule has 0 fully saturated rings. The lowest BCUT2D eigenvalue weighted by molar-refractivity contribution is -0.150. The van der Waals surface area contributed by atoms with E-state index in [0.717, 1.165) is 5.56 Å². The summed E-state index contributed by atoms with van der Waals surface area (Å²) in [6, 6.07) is 18.2. The number of carboxylic acids is 1. The monoisotopic (exact) mass is 324 g/mol. The largest absolute Gasteiger partial charge is 0.480 e. The van der Waals surface area contributed by atoms with Gasteiger partial charge in [-0.15, -0.1) is 0 Å². The predicted octanol–water partition coefficient (Wildman–Crippen LogP) is 3.68. The standard InChI is InChI=1S/C20H20O4/c1-2-20(19(22)23,17-11-7-4-8-12-17)15-24-18(21)14-13-16-9-5-3-6-10-16/h3-14H,2,15H2,1H3,(H,22,23). The average molecular weight is 324 g/mol. The molecule has 2 aromatic rings. The van der Waals surface area contributed by atoms with Crippen LogP contribution in [0.4, 0.5) is 0 Å². The molecule has 0 aliphatic rings. The van der Waals surface area contributed by atoms with E-state index in [1.54, 1.807) is 37.3 Å². The second-order valence-corrected chi connectivity index (χ2v) is 5.46. The Morgan fingerprint density at radius 3 is 2.17 bits per heavy atom. The Morgan fingerprint density at radius 1 is 1.04 bits per heavy atom. The second-order valence-electron chi connectivity index (χ2n) is 5.46. The lowest BCUT2D eigenvalue weighted by Crippen LogP contribution is -2.40. The minimum atomic E-state index is -1.24. The number of esters is 1. The summed E-state index contributed by atoms with van der Waals surface area (Å²) in [7, 11) is 0. The van der Waals surface area contributed by atoms with Crippen molar-refractivity contribution in [2.45, 2.75) is 18.8 Å². The molecule has 2 rings (SSSR count). The van der Waals surface area contributed by atoms with E-state index in [9.17, 15) is 14.7 Å². The van der Waals surface area contributed by atoms with Gasteiger partial charge in [0.05, 0.1) is 0 Å². The van der Waals surface area contributed by atoms with E-state index in [2.05, 4.69) is 0 Å². The van der Waals surface area contributed by atoms with Crippen molar-refractivity contribution in [2.75, 3.05) is 6.61 Å². The Bertz CT molecular complexity index is 707. The van der Waals surface area contributed by atoms with Crippen LogP contribution in [-0.4, -0.2) is 23.7 Å². The Kier molecular flexibility index (Phi) is 5.90.